The van der Waals surface area contributed by atoms with Gasteiger partial charge in [-0.25, -0.2) is 4.98 Å². The van der Waals surface area contributed by atoms with Gasteiger partial charge in [-0.3, -0.25) is 9.69 Å². The number of rotatable bonds is 4. The van der Waals surface area contributed by atoms with Crippen molar-refractivity contribution < 1.29 is 4.79 Å². The van der Waals surface area contributed by atoms with Crippen molar-refractivity contribution in [3.05, 3.63) is 33.5 Å². The maximum absolute atomic E-state index is 12.4. The number of anilines is 1. The fourth-order valence-electron chi connectivity index (χ4n) is 3.53. The first-order valence-corrected chi connectivity index (χ1v) is 10.8. The fraction of sp³-hybridized carbons (Fsp3) is 0.556. The highest BCUT2D eigenvalue weighted by Crippen LogP contribution is 2.24. The van der Waals surface area contributed by atoms with Gasteiger partial charge in [-0.05, 0) is 37.4 Å². The predicted molar refractivity (Wildman–Crippen MR) is 104 cm³/mol. The smallest absolute Gasteiger partial charge is 0.254 e. The van der Waals surface area contributed by atoms with E-state index in [9.17, 15) is 4.79 Å². The Morgan fingerprint density at radius 3 is 2.56 bits per heavy atom. The maximum Gasteiger partial charge on any atom is 0.254 e. The number of thiophene rings is 1. The van der Waals surface area contributed by atoms with Crippen LogP contribution in [0.1, 0.15) is 35.3 Å². The third-order valence-corrected chi connectivity index (χ3v) is 6.61. The Morgan fingerprint density at radius 1 is 1.04 bits per heavy atom. The molecule has 0 aliphatic carbocycles. The van der Waals surface area contributed by atoms with Crippen molar-refractivity contribution in [2.45, 2.75) is 25.8 Å². The summed E-state index contributed by atoms with van der Waals surface area (Å²) in [7, 11) is 0. The van der Waals surface area contributed by atoms with Crippen LogP contribution in [0.3, 0.4) is 0 Å². The third-order valence-electron chi connectivity index (χ3n) is 4.98. The summed E-state index contributed by atoms with van der Waals surface area (Å²) < 4.78 is 0. The van der Waals surface area contributed by atoms with E-state index < -0.39 is 0 Å². The Balaban J connectivity index is 1.31. The minimum Gasteiger partial charge on any atom is -0.345 e. The van der Waals surface area contributed by atoms with Crippen LogP contribution in [0.25, 0.3) is 0 Å². The zero-order valence-electron chi connectivity index (χ0n) is 14.4. The summed E-state index contributed by atoms with van der Waals surface area (Å²) in [5, 5.41) is 7.20. The van der Waals surface area contributed by atoms with Crippen LogP contribution < -0.4 is 4.90 Å². The molecule has 2 aliphatic rings. The van der Waals surface area contributed by atoms with Crippen LogP contribution in [0.15, 0.2) is 22.2 Å². The lowest BCUT2D eigenvalue weighted by Gasteiger charge is -2.34. The van der Waals surface area contributed by atoms with Crippen LogP contribution in [0.5, 0.6) is 0 Å². The van der Waals surface area contributed by atoms with E-state index in [-0.39, 0.29) is 5.91 Å². The zero-order chi connectivity index (χ0) is 17.1. The van der Waals surface area contributed by atoms with Gasteiger partial charge in [0.05, 0.1) is 11.3 Å². The molecule has 0 atom stereocenters. The summed E-state index contributed by atoms with van der Waals surface area (Å²) in [6, 6.07) is 1.91. The average Bonchev–Trinajstić information content (AvgIpc) is 3.34. The van der Waals surface area contributed by atoms with Crippen molar-refractivity contribution in [2.24, 2.45) is 0 Å². The molecule has 134 valence electrons. The molecule has 7 heteroatoms. The number of nitrogens with zero attached hydrogens (tertiary/aromatic N) is 4. The van der Waals surface area contributed by atoms with Crippen molar-refractivity contribution in [3.8, 4) is 0 Å². The van der Waals surface area contributed by atoms with Gasteiger partial charge in [-0.2, -0.15) is 11.3 Å². The Morgan fingerprint density at radius 2 is 1.84 bits per heavy atom. The number of carbonyl (C=O) groups is 1. The lowest BCUT2D eigenvalue weighted by atomic mass is 10.1. The molecule has 0 bridgehead atoms. The number of piperidine rings is 1. The number of piperazine rings is 1. The molecule has 2 aromatic rings. The lowest BCUT2D eigenvalue weighted by molar-refractivity contribution is 0.0747. The van der Waals surface area contributed by atoms with E-state index in [0.717, 1.165) is 43.4 Å². The van der Waals surface area contributed by atoms with Gasteiger partial charge in [-0.1, -0.05) is 6.42 Å². The molecule has 2 fully saturated rings. The molecule has 4 heterocycles. The zero-order valence-corrected chi connectivity index (χ0v) is 16.0. The van der Waals surface area contributed by atoms with E-state index in [1.54, 1.807) is 22.7 Å². The molecule has 0 aromatic carbocycles. The van der Waals surface area contributed by atoms with Crippen molar-refractivity contribution in [3.63, 3.8) is 0 Å². The second-order valence-electron chi connectivity index (χ2n) is 6.75. The summed E-state index contributed by atoms with van der Waals surface area (Å²) in [6.45, 7) is 6.67. The normalized spacial score (nSPS) is 19.4. The van der Waals surface area contributed by atoms with Crippen LogP contribution in [0.4, 0.5) is 5.13 Å². The van der Waals surface area contributed by atoms with E-state index in [1.807, 2.05) is 21.7 Å². The standard InChI is InChI=1S/C18H24N4OS2/c23-17(15-4-11-24-13-15)21-7-9-22(10-8-21)18-19-16(14-25-18)12-20-5-2-1-3-6-20/h4,11,13-14H,1-3,5-10,12H2. The molecule has 2 aliphatic heterocycles. The fourth-order valence-corrected chi connectivity index (χ4v) is 5.03. The molecule has 0 radical (unpaired) electrons. The van der Waals surface area contributed by atoms with Crippen LogP contribution in [0.2, 0.25) is 0 Å². The Bertz CT molecular complexity index is 686. The third kappa shape index (κ3) is 4.04. The largest absolute Gasteiger partial charge is 0.345 e. The van der Waals surface area contributed by atoms with Gasteiger partial charge in [0.2, 0.25) is 0 Å². The summed E-state index contributed by atoms with van der Waals surface area (Å²) in [6.07, 6.45) is 4.00. The molecule has 0 saturated carbocycles. The number of carbonyl (C=O) groups excluding carboxylic acids is 1. The number of thiazole rings is 1. The van der Waals surface area contributed by atoms with E-state index in [2.05, 4.69) is 15.2 Å². The first kappa shape index (κ1) is 17.0. The minimum absolute atomic E-state index is 0.158. The van der Waals surface area contributed by atoms with Gasteiger partial charge in [-0.15, -0.1) is 11.3 Å². The van der Waals surface area contributed by atoms with E-state index in [1.165, 1.54) is 38.0 Å². The van der Waals surface area contributed by atoms with Crippen LogP contribution >= 0.6 is 22.7 Å². The number of aromatic nitrogens is 1. The quantitative estimate of drug-likeness (QED) is 0.822. The Labute approximate surface area is 156 Å². The maximum atomic E-state index is 12.4. The van der Waals surface area contributed by atoms with Crippen LogP contribution in [-0.2, 0) is 6.54 Å². The van der Waals surface area contributed by atoms with Crippen LogP contribution in [-0.4, -0.2) is 60.0 Å². The van der Waals surface area contributed by atoms with E-state index >= 15 is 0 Å². The molecule has 25 heavy (non-hydrogen) atoms. The molecule has 1 amide bonds. The minimum atomic E-state index is 0.158. The van der Waals surface area contributed by atoms with E-state index in [4.69, 9.17) is 4.98 Å². The van der Waals surface area contributed by atoms with Gasteiger partial charge in [0.1, 0.15) is 0 Å². The molecule has 5 nitrogen and oxygen atoms in total. The monoisotopic (exact) mass is 376 g/mol. The highest BCUT2D eigenvalue weighted by Gasteiger charge is 2.24. The van der Waals surface area contributed by atoms with E-state index in [0.29, 0.717) is 0 Å². The van der Waals surface area contributed by atoms with Crippen molar-refractivity contribution in [2.75, 3.05) is 44.2 Å². The van der Waals surface area contributed by atoms with Crippen molar-refractivity contribution in [1.29, 1.82) is 0 Å². The number of hydrogen-bond acceptors (Lipinski definition) is 6. The molecule has 2 aromatic heterocycles. The van der Waals surface area contributed by atoms with Crippen LogP contribution in [0, 0.1) is 0 Å². The van der Waals surface area contributed by atoms with Gasteiger partial charge < -0.3 is 9.80 Å². The second-order valence-corrected chi connectivity index (χ2v) is 8.37. The first-order chi connectivity index (χ1) is 12.3. The molecule has 0 N–H and O–H groups in total. The van der Waals surface area contributed by atoms with Gasteiger partial charge in [0, 0.05) is 43.5 Å². The summed E-state index contributed by atoms with van der Waals surface area (Å²) in [5.41, 5.74) is 2.01. The Hall–Kier alpha value is -1.44. The first-order valence-electron chi connectivity index (χ1n) is 9.03. The van der Waals surface area contributed by atoms with Gasteiger partial charge >= 0.3 is 0 Å². The number of amides is 1. The summed E-state index contributed by atoms with van der Waals surface area (Å²) in [4.78, 5) is 24.1. The van der Waals surface area contributed by atoms with Gasteiger partial charge in [0.25, 0.3) is 5.91 Å². The molecule has 2 saturated heterocycles. The molecule has 0 spiro atoms. The summed E-state index contributed by atoms with van der Waals surface area (Å²) >= 11 is 3.31. The molecule has 4 rings (SSSR count). The number of hydrogen-bond donors (Lipinski definition) is 0. The summed E-state index contributed by atoms with van der Waals surface area (Å²) in [5.74, 6) is 0.158. The number of likely N-dealkylation sites (tertiary alicyclic amines) is 1. The second kappa shape index (κ2) is 7.85. The van der Waals surface area contributed by atoms with Crippen molar-refractivity contribution >= 4 is 33.7 Å². The van der Waals surface area contributed by atoms with Crippen molar-refractivity contribution in [1.82, 2.24) is 14.8 Å². The average molecular weight is 377 g/mol. The molecule has 0 unspecified atom stereocenters. The van der Waals surface area contributed by atoms with Gasteiger partial charge in [0.15, 0.2) is 5.13 Å². The highest BCUT2D eigenvalue weighted by molar-refractivity contribution is 7.13. The SMILES string of the molecule is O=C(c1ccsc1)N1CCN(c2nc(CN3CCCCC3)cs2)CC1. The Kier molecular flexibility index (Phi) is 5.33. The lowest BCUT2D eigenvalue weighted by Crippen LogP contribution is -2.48. The predicted octanol–water partition coefficient (Wildman–Crippen LogP) is 3.15. The molecular formula is C18H24N4OS2. The molecular weight excluding hydrogens is 352 g/mol. The topological polar surface area (TPSA) is 39.7 Å². The highest BCUT2D eigenvalue weighted by atomic mass is 32.1.